The predicted molar refractivity (Wildman–Crippen MR) is 66.9 cm³/mol. The van der Waals surface area contributed by atoms with Gasteiger partial charge in [-0.05, 0) is 18.4 Å². The number of hydrogen-bond acceptors (Lipinski definition) is 2. The Labute approximate surface area is 101 Å². The molecule has 6 heteroatoms. The Balaban J connectivity index is 2.67. The number of allylic oxidation sites excluding steroid dienone is 1. The van der Waals surface area contributed by atoms with Crippen LogP contribution in [-0.2, 0) is 4.57 Å². The van der Waals surface area contributed by atoms with Gasteiger partial charge in [-0.15, -0.1) is 6.58 Å². The first-order chi connectivity index (χ1) is 8.03. The SMILES string of the molecule is C=CCCC(NNP(=O)(O)O)c1ccccc1. The Morgan fingerprint density at radius 3 is 2.53 bits per heavy atom. The lowest BCUT2D eigenvalue weighted by Crippen LogP contribution is -2.32. The first-order valence-corrected chi connectivity index (χ1v) is 6.88. The minimum absolute atomic E-state index is 0.165. The van der Waals surface area contributed by atoms with Crippen molar-refractivity contribution in [2.75, 3.05) is 0 Å². The molecule has 0 saturated carbocycles. The van der Waals surface area contributed by atoms with Crippen LogP contribution in [-0.4, -0.2) is 9.79 Å². The molecule has 0 spiro atoms. The summed E-state index contributed by atoms with van der Waals surface area (Å²) in [6.07, 6.45) is 3.24. The summed E-state index contributed by atoms with van der Waals surface area (Å²) in [7, 11) is -4.26. The maximum atomic E-state index is 10.7. The third-order valence-electron chi connectivity index (χ3n) is 2.25. The fraction of sp³-hybridized carbons (Fsp3) is 0.273. The second-order valence-electron chi connectivity index (χ2n) is 3.63. The van der Waals surface area contributed by atoms with Crippen molar-refractivity contribution in [2.45, 2.75) is 18.9 Å². The van der Waals surface area contributed by atoms with Crippen molar-refractivity contribution >= 4 is 7.75 Å². The van der Waals surface area contributed by atoms with Gasteiger partial charge < -0.3 is 9.79 Å². The molecule has 0 saturated heterocycles. The molecule has 0 aliphatic heterocycles. The van der Waals surface area contributed by atoms with E-state index in [1.54, 1.807) is 6.08 Å². The Morgan fingerprint density at radius 1 is 1.35 bits per heavy atom. The van der Waals surface area contributed by atoms with Gasteiger partial charge in [0.1, 0.15) is 0 Å². The molecular weight excluding hydrogens is 239 g/mol. The molecule has 1 aromatic carbocycles. The molecule has 17 heavy (non-hydrogen) atoms. The van der Waals surface area contributed by atoms with Gasteiger partial charge in [-0.2, -0.15) is 5.20 Å². The van der Waals surface area contributed by atoms with Gasteiger partial charge in [-0.1, -0.05) is 36.4 Å². The highest BCUT2D eigenvalue weighted by Gasteiger charge is 2.16. The summed E-state index contributed by atoms with van der Waals surface area (Å²) in [6.45, 7) is 3.63. The number of rotatable bonds is 7. The van der Waals surface area contributed by atoms with Crippen LogP contribution >= 0.6 is 7.75 Å². The Kier molecular flexibility index (Phi) is 5.55. The van der Waals surface area contributed by atoms with E-state index in [2.05, 4.69) is 12.0 Å². The maximum Gasteiger partial charge on any atom is 0.413 e. The van der Waals surface area contributed by atoms with Crippen LogP contribution in [0.15, 0.2) is 43.0 Å². The standard InChI is InChI=1S/C11H17N2O3P/c1-2-3-9-11(12-13-17(14,15)16)10-7-5-4-6-8-10/h2,4-8,11-12H,1,3,9H2,(H3,13,14,15,16). The normalized spacial score (nSPS) is 13.3. The number of hydrogen-bond donors (Lipinski definition) is 4. The highest BCUT2D eigenvalue weighted by atomic mass is 31.2. The van der Waals surface area contributed by atoms with Crippen molar-refractivity contribution in [3.63, 3.8) is 0 Å². The van der Waals surface area contributed by atoms with E-state index in [0.29, 0.717) is 6.42 Å². The Bertz CT molecular complexity index is 391. The van der Waals surface area contributed by atoms with Gasteiger partial charge in [0.2, 0.25) is 0 Å². The van der Waals surface area contributed by atoms with Crippen molar-refractivity contribution < 1.29 is 14.4 Å². The van der Waals surface area contributed by atoms with Gasteiger partial charge in [-0.25, -0.2) is 9.99 Å². The van der Waals surface area contributed by atoms with Crippen LogP contribution < -0.4 is 10.6 Å². The lowest BCUT2D eigenvalue weighted by molar-refractivity contribution is 0.333. The first kappa shape index (κ1) is 14.1. The minimum atomic E-state index is -4.26. The zero-order chi connectivity index (χ0) is 12.7. The molecule has 0 aromatic heterocycles. The average Bonchev–Trinajstić information content (AvgIpc) is 2.29. The summed E-state index contributed by atoms with van der Waals surface area (Å²) in [5.41, 5.74) is 3.62. The molecule has 94 valence electrons. The largest absolute Gasteiger partial charge is 0.413 e. The van der Waals surface area contributed by atoms with Crippen LogP contribution in [0.1, 0.15) is 24.4 Å². The van der Waals surface area contributed by atoms with Crippen molar-refractivity contribution in [2.24, 2.45) is 0 Å². The molecule has 0 heterocycles. The zero-order valence-electron chi connectivity index (χ0n) is 9.41. The van der Waals surface area contributed by atoms with Crippen LogP contribution in [0.4, 0.5) is 0 Å². The van der Waals surface area contributed by atoms with Crippen LogP contribution in [0.3, 0.4) is 0 Å². The van der Waals surface area contributed by atoms with E-state index in [1.165, 1.54) is 0 Å². The lowest BCUT2D eigenvalue weighted by Gasteiger charge is -2.19. The number of nitrogens with one attached hydrogen (secondary N) is 2. The monoisotopic (exact) mass is 256 g/mol. The molecule has 0 fully saturated rings. The summed E-state index contributed by atoms with van der Waals surface area (Å²) in [5.74, 6) is 0. The predicted octanol–water partition coefficient (Wildman–Crippen LogP) is 1.88. The smallest absolute Gasteiger partial charge is 0.312 e. The van der Waals surface area contributed by atoms with Crippen LogP contribution in [0.25, 0.3) is 0 Å². The molecule has 0 radical (unpaired) electrons. The molecule has 0 aliphatic rings. The lowest BCUT2D eigenvalue weighted by atomic mass is 10.0. The van der Waals surface area contributed by atoms with Crippen LogP contribution in [0.5, 0.6) is 0 Å². The average molecular weight is 256 g/mol. The summed E-state index contributed by atoms with van der Waals surface area (Å²) in [4.78, 5) is 17.5. The number of hydrazine groups is 1. The molecule has 1 atom stereocenters. The summed E-state index contributed by atoms with van der Waals surface area (Å²) < 4.78 is 10.7. The van der Waals surface area contributed by atoms with E-state index in [1.807, 2.05) is 35.5 Å². The van der Waals surface area contributed by atoms with Crippen molar-refractivity contribution in [1.82, 2.24) is 10.6 Å². The zero-order valence-corrected chi connectivity index (χ0v) is 10.3. The Hall–Kier alpha value is -0.970. The summed E-state index contributed by atoms with van der Waals surface area (Å²) in [6, 6.07) is 9.31. The molecule has 0 aliphatic carbocycles. The molecule has 1 rings (SSSR count). The Morgan fingerprint density at radius 2 is 2.00 bits per heavy atom. The third kappa shape index (κ3) is 5.77. The summed E-state index contributed by atoms with van der Waals surface area (Å²) >= 11 is 0. The molecule has 4 N–H and O–H groups in total. The van der Waals surface area contributed by atoms with E-state index in [9.17, 15) is 4.57 Å². The molecule has 5 nitrogen and oxygen atoms in total. The van der Waals surface area contributed by atoms with E-state index in [4.69, 9.17) is 9.79 Å². The highest BCUT2D eigenvalue weighted by molar-refractivity contribution is 7.49. The van der Waals surface area contributed by atoms with Crippen molar-refractivity contribution in [3.05, 3.63) is 48.6 Å². The summed E-state index contributed by atoms with van der Waals surface area (Å²) in [5, 5.41) is 2.01. The van der Waals surface area contributed by atoms with E-state index < -0.39 is 7.75 Å². The molecule has 1 unspecified atom stereocenters. The molecular formula is C11H17N2O3P. The topological polar surface area (TPSA) is 81.6 Å². The quantitative estimate of drug-likeness (QED) is 0.340. The van der Waals surface area contributed by atoms with Crippen molar-refractivity contribution in [1.29, 1.82) is 0 Å². The second kappa shape index (κ2) is 6.69. The van der Waals surface area contributed by atoms with Crippen LogP contribution in [0.2, 0.25) is 0 Å². The molecule has 1 aromatic rings. The van der Waals surface area contributed by atoms with E-state index in [0.717, 1.165) is 12.0 Å². The maximum absolute atomic E-state index is 10.7. The van der Waals surface area contributed by atoms with Gasteiger partial charge in [0.15, 0.2) is 0 Å². The van der Waals surface area contributed by atoms with E-state index >= 15 is 0 Å². The van der Waals surface area contributed by atoms with Gasteiger partial charge in [-0.3, -0.25) is 0 Å². The van der Waals surface area contributed by atoms with Crippen LogP contribution in [0, 0.1) is 0 Å². The third-order valence-corrected chi connectivity index (χ3v) is 2.67. The van der Waals surface area contributed by atoms with Gasteiger partial charge in [0.25, 0.3) is 0 Å². The van der Waals surface area contributed by atoms with E-state index in [-0.39, 0.29) is 6.04 Å². The van der Waals surface area contributed by atoms with Gasteiger partial charge in [0, 0.05) is 6.04 Å². The number of benzene rings is 1. The molecule has 0 amide bonds. The fourth-order valence-corrected chi connectivity index (χ4v) is 1.78. The first-order valence-electron chi connectivity index (χ1n) is 5.27. The van der Waals surface area contributed by atoms with Gasteiger partial charge in [0.05, 0.1) is 0 Å². The fourth-order valence-electron chi connectivity index (χ4n) is 1.45. The van der Waals surface area contributed by atoms with Gasteiger partial charge >= 0.3 is 7.75 Å². The molecule has 0 bridgehead atoms. The van der Waals surface area contributed by atoms with Crippen molar-refractivity contribution in [3.8, 4) is 0 Å². The minimum Gasteiger partial charge on any atom is -0.312 e. The second-order valence-corrected chi connectivity index (χ2v) is 4.94. The highest BCUT2D eigenvalue weighted by Crippen LogP contribution is 2.28.